The molecule has 3 heterocycles. The van der Waals surface area contributed by atoms with Crippen LogP contribution < -0.4 is 10.2 Å². The number of Topliss-reactive ketones (excluding diaryl/α,β-unsaturated/α-hetero) is 2. The van der Waals surface area contributed by atoms with Crippen LogP contribution in [0.1, 0.15) is 37.4 Å². The van der Waals surface area contributed by atoms with Gasteiger partial charge < -0.3 is 23.9 Å². The zero-order valence-corrected chi connectivity index (χ0v) is 32.2. The smallest absolute Gasteiger partial charge is 0.379 e. The van der Waals surface area contributed by atoms with Crippen LogP contribution in [0.4, 0.5) is 14.5 Å². The lowest BCUT2D eigenvalue weighted by Gasteiger charge is -2.24. The lowest BCUT2D eigenvalue weighted by Crippen LogP contribution is -2.50. The van der Waals surface area contributed by atoms with Gasteiger partial charge in [-0.25, -0.2) is 13.6 Å². The first-order valence-corrected chi connectivity index (χ1v) is 19.3. The maximum atomic E-state index is 14.1. The fraction of sp³-hybridized carbons (Fsp3) is 0.170. The number of para-hydroxylation sites is 3. The summed E-state index contributed by atoms with van der Waals surface area (Å²) in [6.07, 6.45) is 3.40. The molecule has 13 heteroatoms. The molecule has 1 aliphatic heterocycles. The third kappa shape index (κ3) is 8.20. The predicted molar refractivity (Wildman–Crippen MR) is 220 cm³/mol. The minimum Gasteiger partial charge on any atom is -0.457 e. The molecule has 0 spiro atoms. The van der Waals surface area contributed by atoms with Crippen molar-refractivity contribution in [3.05, 3.63) is 173 Å². The number of ether oxygens (including phenoxy) is 2. The Balaban J connectivity index is 0.855. The summed E-state index contributed by atoms with van der Waals surface area (Å²) in [5, 5.41) is 3.94. The summed E-state index contributed by atoms with van der Waals surface area (Å²) < 4.78 is 41.4. The van der Waals surface area contributed by atoms with Crippen molar-refractivity contribution in [2.75, 3.05) is 31.3 Å². The first kappa shape index (κ1) is 39.6. The minimum atomic E-state index is -1.05. The van der Waals surface area contributed by atoms with E-state index in [0.29, 0.717) is 29.5 Å². The van der Waals surface area contributed by atoms with E-state index in [4.69, 9.17) is 9.47 Å². The molecule has 302 valence electrons. The molecular weight excluding hydrogens is 771 g/mol. The largest absolute Gasteiger partial charge is 0.457 e. The fourth-order valence-corrected chi connectivity index (χ4v) is 7.60. The summed E-state index contributed by atoms with van der Waals surface area (Å²) in [5.74, 6) is -4.68. The number of fused-ring (bicyclic) bond motifs is 3. The van der Waals surface area contributed by atoms with Crippen LogP contribution in [0.2, 0.25) is 0 Å². The summed E-state index contributed by atoms with van der Waals surface area (Å²) >= 11 is 0. The molecule has 0 saturated heterocycles. The van der Waals surface area contributed by atoms with Crippen LogP contribution in [0.15, 0.2) is 134 Å². The number of hydrogen-bond acceptors (Lipinski definition) is 7. The molecule has 60 heavy (non-hydrogen) atoms. The molecule has 0 aliphatic carbocycles. The van der Waals surface area contributed by atoms with E-state index < -0.39 is 35.4 Å². The normalized spacial score (nSPS) is 13.4. The molecule has 8 rings (SSSR count). The number of esters is 1. The summed E-state index contributed by atoms with van der Waals surface area (Å²) in [7, 11) is 0. The Labute approximate surface area is 342 Å². The molecule has 2 amide bonds. The van der Waals surface area contributed by atoms with Gasteiger partial charge in [-0.05, 0) is 59.2 Å². The number of amides is 2. The highest BCUT2D eigenvalue weighted by Gasteiger charge is 2.41. The topological polar surface area (TPSA) is 129 Å². The van der Waals surface area contributed by atoms with Crippen molar-refractivity contribution in [2.45, 2.75) is 25.6 Å². The summed E-state index contributed by atoms with van der Waals surface area (Å²) in [4.78, 5) is 68.9. The standard InChI is InChI=1S/C47H38F2N4O7/c48-33-17-13-30(14-18-33)26-51-28-37(35-8-2-5-11-40(35)51)43(54)46(57)53-39-10-4-1-7-32(39)25-42(53)45(56)50-21-22-59-23-24-60-47(58)44(55)38-29-52(41-12-6-3-9-36(38)41)27-31-15-19-34(49)20-16-31/h1-20,28-29,42H,21-27H2,(H,50,56). The number of nitrogens with one attached hydrogen (secondary N) is 1. The van der Waals surface area contributed by atoms with E-state index in [-0.39, 0.29) is 55.5 Å². The van der Waals surface area contributed by atoms with Gasteiger partial charge in [-0.15, -0.1) is 0 Å². The third-order valence-electron chi connectivity index (χ3n) is 10.5. The number of ketones is 2. The molecule has 0 bridgehead atoms. The second kappa shape index (κ2) is 17.3. The molecule has 5 aromatic carbocycles. The van der Waals surface area contributed by atoms with Crippen LogP contribution in [0, 0.1) is 11.6 Å². The Morgan fingerprint density at radius 1 is 0.617 bits per heavy atom. The van der Waals surface area contributed by atoms with Gasteiger partial charge in [0.25, 0.3) is 17.5 Å². The van der Waals surface area contributed by atoms with Crippen LogP contribution in [-0.4, -0.2) is 70.9 Å². The van der Waals surface area contributed by atoms with Crippen molar-refractivity contribution < 1.29 is 42.2 Å². The number of benzene rings is 5. The summed E-state index contributed by atoms with van der Waals surface area (Å²) in [5.41, 5.74) is 4.65. The number of carbonyl (C=O) groups is 5. The van der Waals surface area contributed by atoms with E-state index in [1.807, 2.05) is 39.5 Å². The van der Waals surface area contributed by atoms with Crippen LogP contribution in [0.3, 0.4) is 0 Å². The molecule has 11 nitrogen and oxygen atoms in total. The highest BCUT2D eigenvalue weighted by molar-refractivity contribution is 6.49. The zero-order valence-electron chi connectivity index (χ0n) is 32.2. The monoisotopic (exact) mass is 808 g/mol. The molecule has 0 fully saturated rings. The first-order valence-electron chi connectivity index (χ1n) is 19.3. The van der Waals surface area contributed by atoms with E-state index >= 15 is 0 Å². The van der Waals surface area contributed by atoms with Gasteiger partial charge in [0, 0.05) is 65.9 Å². The van der Waals surface area contributed by atoms with E-state index in [1.165, 1.54) is 29.2 Å². The number of hydrogen-bond donors (Lipinski definition) is 1. The van der Waals surface area contributed by atoms with Gasteiger partial charge in [0.2, 0.25) is 5.91 Å². The molecule has 1 unspecified atom stereocenters. The highest BCUT2D eigenvalue weighted by Crippen LogP contribution is 2.34. The molecular formula is C47H38F2N4O7. The number of anilines is 1. The van der Waals surface area contributed by atoms with Crippen molar-refractivity contribution >= 4 is 56.8 Å². The Bertz CT molecular complexity index is 2760. The van der Waals surface area contributed by atoms with Gasteiger partial charge in [0.1, 0.15) is 24.3 Å². The Morgan fingerprint density at radius 3 is 1.75 bits per heavy atom. The molecule has 1 aliphatic rings. The number of nitrogens with zero attached hydrogens (tertiary/aromatic N) is 3. The molecule has 0 radical (unpaired) electrons. The van der Waals surface area contributed by atoms with Gasteiger partial charge in [-0.3, -0.25) is 24.1 Å². The van der Waals surface area contributed by atoms with Gasteiger partial charge in [0.05, 0.1) is 24.3 Å². The van der Waals surface area contributed by atoms with Crippen molar-refractivity contribution in [3.8, 4) is 0 Å². The van der Waals surface area contributed by atoms with Gasteiger partial charge in [0.15, 0.2) is 0 Å². The number of halogens is 2. The Kier molecular flexibility index (Phi) is 11.4. The van der Waals surface area contributed by atoms with Crippen LogP contribution >= 0.6 is 0 Å². The van der Waals surface area contributed by atoms with Crippen molar-refractivity contribution in [2.24, 2.45) is 0 Å². The van der Waals surface area contributed by atoms with E-state index in [1.54, 1.807) is 79.1 Å². The summed E-state index contributed by atoms with van der Waals surface area (Å²) in [6.45, 7) is 0.531. The SMILES string of the molecule is O=C(OCCOCCNC(=O)C1Cc2ccccc2N1C(=O)C(=O)c1cn(Cc2ccc(F)cc2)c2ccccc12)C(=O)c1cn(Cc2ccc(F)cc2)c2ccccc12. The second-order valence-electron chi connectivity index (χ2n) is 14.3. The predicted octanol–water partition coefficient (Wildman–Crippen LogP) is 6.67. The lowest BCUT2D eigenvalue weighted by molar-refractivity contribution is -0.139. The van der Waals surface area contributed by atoms with E-state index in [0.717, 1.165) is 27.7 Å². The zero-order chi connectivity index (χ0) is 41.8. The maximum absolute atomic E-state index is 14.1. The Morgan fingerprint density at radius 2 is 1.15 bits per heavy atom. The van der Waals surface area contributed by atoms with Gasteiger partial charge in [-0.2, -0.15) is 0 Å². The van der Waals surface area contributed by atoms with E-state index in [9.17, 15) is 32.8 Å². The number of aromatic nitrogens is 2. The van der Waals surface area contributed by atoms with Crippen molar-refractivity contribution in [1.82, 2.24) is 14.5 Å². The van der Waals surface area contributed by atoms with Crippen LogP contribution in [-0.2, 0) is 43.4 Å². The van der Waals surface area contributed by atoms with Crippen molar-refractivity contribution in [1.29, 1.82) is 0 Å². The maximum Gasteiger partial charge on any atom is 0.379 e. The molecule has 1 atom stereocenters. The molecule has 0 saturated carbocycles. The first-order chi connectivity index (χ1) is 29.2. The fourth-order valence-electron chi connectivity index (χ4n) is 7.60. The van der Waals surface area contributed by atoms with Gasteiger partial charge >= 0.3 is 5.97 Å². The average Bonchev–Trinajstić information content (AvgIpc) is 3.96. The summed E-state index contributed by atoms with van der Waals surface area (Å²) in [6, 6.07) is 32.5. The Hall–Kier alpha value is -7.25. The highest BCUT2D eigenvalue weighted by atomic mass is 19.1. The van der Waals surface area contributed by atoms with E-state index in [2.05, 4.69) is 5.32 Å². The van der Waals surface area contributed by atoms with Crippen molar-refractivity contribution in [3.63, 3.8) is 0 Å². The molecule has 7 aromatic rings. The third-order valence-corrected chi connectivity index (χ3v) is 10.5. The number of rotatable bonds is 15. The second-order valence-corrected chi connectivity index (χ2v) is 14.3. The van der Waals surface area contributed by atoms with Crippen LogP contribution in [0.5, 0.6) is 0 Å². The van der Waals surface area contributed by atoms with Gasteiger partial charge in [-0.1, -0.05) is 78.9 Å². The van der Waals surface area contributed by atoms with Crippen LogP contribution in [0.25, 0.3) is 21.8 Å². The average molecular weight is 809 g/mol. The minimum absolute atomic E-state index is 0.0359. The molecule has 1 N–H and O–H groups in total. The molecule has 2 aromatic heterocycles. The number of carbonyl (C=O) groups excluding carboxylic acids is 5. The lowest BCUT2D eigenvalue weighted by atomic mass is 10.1. The quantitative estimate of drug-likeness (QED) is 0.0531.